The summed E-state index contributed by atoms with van der Waals surface area (Å²) in [5.74, 6) is 0.373. The number of aliphatic carboxylic acids is 1. The van der Waals surface area contributed by atoms with Crippen molar-refractivity contribution in [3.05, 3.63) is 34.8 Å². The van der Waals surface area contributed by atoms with Crippen molar-refractivity contribution in [2.75, 3.05) is 6.54 Å². The van der Waals surface area contributed by atoms with Gasteiger partial charge in [-0.05, 0) is 39.7 Å². The molecule has 124 valence electrons. The highest BCUT2D eigenvalue weighted by Crippen LogP contribution is 2.20. The Labute approximate surface area is 134 Å². The van der Waals surface area contributed by atoms with E-state index in [1.165, 1.54) is 0 Å². The number of carboxylic acids is 1. The molecule has 1 amide bonds. The third-order valence-electron chi connectivity index (χ3n) is 3.62. The van der Waals surface area contributed by atoms with Crippen LogP contribution in [0.2, 0.25) is 0 Å². The minimum atomic E-state index is -0.817. The first-order valence-electron chi connectivity index (χ1n) is 7.52. The predicted octanol–water partition coefficient (Wildman–Crippen LogP) is 2.38. The van der Waals surface area contributed by atoms with Crippen LogP contribution in [0.3, 0.4) is 0 Å². The average molecular weight is 319 g/mol. The predicted molar refractivity (Wildman–Crippen MR) is 83.9 cm³/mol. The van der Waals surface area contributed by atoms with Crippen LogP contribution in [-0.4, -0.2) is 33.3 Å². The molecule has 2 N–H and O–H groups in total. The van der Waals surface area contributed by atoms with E-state index in [9.17, 15) is 9.59 Å². The number of carbonyl (C=O) groups excluding carboxylic acids is 1. The molecule has 0 radical (unpaired) electrons. The normalized spacial score (nSPS) is 10.7. The van der Waals surface area contributed by atoms with Crippen molar-refractivity contribution in [2.45, 2.75) is 40.0 Å². The summed E-state index contributed by atoms with van der Waals surface area (Å²) in [5, 5.41) is 15.4. The Balaban J connectivity index is 2.03. The van der Waals surface area contributed by atoms with E-state index in [1.54, 1.807) is 0 Å². The summed E-state index contributed by atoms with van der Waals surface area (Å²) >= 11 is 0. The highest BCUT2D eigenvalue weighted by Gasteiger charge is 2.18. The van der Waals surface area contributed by atoms with Crippen LogP contribution in [0.5, 0.6) is 0 Å². The van der Waals surface area contributed by atoms with E-state index in [4.69, 9.17) is 9.63 Å². The van der Waals surface area contributed by atoms with Crippen LogP contribution in [0, 0.1) is 20.8 Å². The molecule has 7 heteroatoms. The summed E-state index contributed by atoms with van der Waals surface area (Å²) < 4.78 is 6.96. The van der Waals surface area contributed by atoms with Gasteiger partial charge in [-0.25, -0.2) is 0 Å². The molecular formula is C16H21N3O4. The maximum absolute atomic E-state index is 12.3. The topological polar surface area (TPSA) is 97.4 Å². The molecule has 0 saturated carbocycles. The first-order valence-corrected chi connectivity index (χ1v) is 7.52. The standard InChI is InChI=1S/C16H21N3O4/c1-10-8-13(16(22)17-7-5-4-6-15(20)21)12(3)19(10)14-9-11(2)23-18-14/h8-9H,4-7H2,1-3H3,(H,17,22)(H,20,21). The summed E-state index contributed by atoms with van der Waals surface area (Å²) in [6, 6.07) is 3.62. The number of amides is 1. The molecular weight excluding hydrogens is 298 g/mol. The number of unbranched alkanes of at least 4 members (excludes halogenated alkanes) is 1. The van der Waals surface area contributed by atoms with Crippen LogP contribution in [0.25, 0.3) is 5.82 Å². The van der Waals surface area contributed by atoms with Crippen LogP contribution in [-0.2, 0) is 4.79 Å². The molecule has 0 spiro atoms. The lowest BCUT2D eigenvalue weighted by Gasteiger charge is -2.06. The van der Waals surface area contributed by atoms with Gasteiger partial charge in [0, 0.05) is 30.4 Å². The van der Waals surface area contributed by atoms with E-state index in [-0.39, 0.29) is 12.3 Å². The van der Waals surface area contributed by atoms with Gasteiger partial charge < -0.3 is 14.9 Å². The van der Waals surface area contributed by atoms with Crippen molar-refractivity contribution in [2.24, 2.45) is 0 Å². The molecule has 2 aromatic heterocycles. The first-order chi connectivity index (χ1) is 10.9. The van der Waals surface area contributed by atoms with Crippen molar-refractivity contribution in [1.29, 1.82) is 0 Å². The molecule has 0 saturated heterocycles. The highest BCUT2D eigenvalue weighted by molar-refractivity contribution is 5.95. The molecule has 0 aromatic carbocycles. The van der Waals surface area contributed by atoms with E-state index in [2.05, 4.69) is 10.5 Å². The zero-order valence-electron chi connectivity index (χ0n) is 13.5. The number of nitrogens with zero attached hydrogens (tertiary/aromatic N) is 2. The Morgan fingerprint density at radius 3 is 2.61 bits per heavy atom. The maximum Gasteiger partial charge on any atom is 0.303 e. The minimum absolute atomic E-state index is 0.121. The number of hydrogen-bond acceptors (Lipinski definition) is 4. The molecule has 7 nitrogen and oxygen atoms in total. The molecule has 2 rings (SSSR count). The van der Waals surface area contributed by atoms with Crippen LogP contribution >= 0.6 is 0 Å². The van der Waals surface area contributed by atoms with Crippen molar-refractivity contribution < 1.29 is 19.2 Å². The van der Waals surface area contributed by atoms with Crippen molar-refractivity contribution in [3.8, 4) is 5.82 Å². The molecule has 0 aliphatic rings. The summed E-state index contributed by atoms with van der Waals surface area (Å²) in [5.41, 5.74) is 2.27. The Hall–Kier alpha value is -2.57. The lowest BCUT2D eigenvalue weighted by atomic mass is 10.2. The third-order valence-corrected chi connectivity index (χ3v) is 3.62. The molecule has 2 aromatic rings. The number of hydrogen-bond donors (Lipinski definition) is 2. The van der Waals surface area contributed by atoms with Crippen LogP contribution in [0.1, 0.15) is 46.8 Å². The molecule has 23 heavy (non-hydrogen) atoms. The zero-order valence-corrected chi connectivity index (χ0v) is 13.5. The lowest BCUT2D eigenvalue weighted by molar-refractivity contribution is -0.137. The second kappa shape index (κ2) is 7.13. The van der Waals surface area contributed by atoms with Crippen LogP contribution < -0.4 is 5.32 Å². The highest BCUT2D eigenvalue weighted by atomic mass is 16.5. The van der Waals surface area contributed by atoms with Crippen LogP contribution in [0.15, 0.2) is 16.7 Å². The Morgan fingerprint density at radius 2 is 2.00 bits per heavy atom. The molecule has 0 unspecified atom stereocenters. The fourth-order valence-corrected chi connectivity index (χ4v) is 2.50. The number of nitrogens with one attached hydrogen (secondary N) is 1. The number of rotatable bonds is 7. The van der Waals surface area contributed by atoms with Gasteiger partial charge >= 0.3 is 5.97 Å². The van der Waals surface area contributed by atoms with Gasteiger partial charge in [-0.3, -0.25) is 14.2 Å². The molecule has 0 bridgehead atoms. The Morgan fingerprint density at radius 1 is 1.26 bits per heavy atom. The fourth-order valence-electron chi connectivity index (χ4n) is 2.50. The van der Waals surface area contributed by atoms with E-state index >= 15 is 0 Å². The van der Waals surface area contributed by atoms with E-state index in [1.807, 2.05) is 37.5 Å². The van der Waals surface area contributed by atoms with Gasteiger partial charge in [0.25, 0.3) is 5.91 Å². The van der Waals surface area contributed by atoms with Gasteiger partial charge in [-0.1, -0.05) is 5.16 Å². The second-order valence-corrected chi connectivity index (χ2v) is 5.52. The van der Waals surface area contributed by atoms with E-state index in [0.717, 1.165) is 11.4 Å². The second-order valence-electron chi connectivity index (χ2n) is 5.52. The smallest absolute Gasteiger partial charge is 0.303 e. The van der Waals surface area contributed by atoms with Crippen molar-refractivity contribution in [1.82, 2.24) is 15.0 Å². The van der Waals surface area contributed by atoms with E-state index < -0.39 is 5.97 Å². The summed E-state index contributed by atoms with van der Waals surface area (Å²) in [7, 11) is 0. The maximum atomic E-state index is 12.3. The zero-order chi connectivity index (χ0) is 17.0. The third kappa shape index (κ3) is 4.00. The summed E-state index contributed by atoms with van der Waals surface area (Å²) in [4.78, 5) is 22.7. The van der Waals surface area contributed by atoms with Gasteiger partial charge in [-0.2, -0.15) is 0 Å². The van der Waals surface area contributed by atoms with Gasteiger partial charge in [-0.15, -0.1) is 0 Å². The number of carbonyl (C=O) groups is 2. The van der Waals surface area contributed by atoms with Gasteiger partial charge in [0.15, 0.2) is 5.82 Å². The first kappa shape index (κ1) is 16.8. The van der Waals surface area contributed by atoms with E-state index in [0.29, 0.717) is 36.5 Å². The Bertz CT molecular complexity index is 715. The fraction of sp³-hybridized carbons (Fsp3) is 0.438. The van der Waals surface area contributed by atoms with Crippen molar-refractivity contribution >= 4 is 11.9 Å². The largest absolute Gasteiger partial charge is 0.481 e. The van der Waals surface area contributed by atoms with Crippen molar-refractivity contribution in [3.63, 3.8) is 0 Å². The van der Waals surface area contributed by atoms with Gasteiger partial charge in [0.2, 0.25) is 0 Å². The summed E-state index contributed by atoms with van der Waals surface area (Å²) in [6.07, 6.45) is 1.31. The summed E-state index contributed by atoms with van der Waals surface area (Å²) in [6.45, 7) is 6.03. The average Bonchev–Trinajstić information content (AvgIpc) is 3.01. The molecule has 0 atom stereocenters. The van der Waals surface area contributed by atoms with Gasteiger partial charge in [0.05, 0.1) is 5.56 Å². The SMILES string of the molecule is Cc1cc(-n2c(C)cc(C(=O)NCCCCC(=O)O)c2C)no1. The number of aromatic nitrogens is 2. The number of carboxylic acid groups (broad SMARTS) is 1. The molecule has 2 heterocycles. The lowest BCUT2D eigenvalue weighted by Crippen LogP contribution is -2.25. The molecule has 0 aliphatic carbocycles. The molecule has 0 aliphatic heterocycles. The minimum Gasteiger partial charge on any atom is -0.481 e. The van der Waals surface area contributed by atoms with Gasteiger partial charge in [0.1, 0.15) is 5.76 Å². The number of aryl methyl sites for hydroxylation is 2. The van der Waals surface area contributed by atoms with Crippen LogP contribution in [0.4, 0.5) is 0 Å². The Kier molecular flexibility index (Phi) is 5.20. The quantitative estimate of drug-likeness (QED) is 0.764. The monoisotopic (exact) mass is 319 g/mol. The molecule has 0 fully saturated rings.